The molecule has 0 aromatic heterocycles. The first kappa shape index (κ1) is 17.2. The van der Waals surface area contributed by atoms with E-state index in [1.54, 1.807) is 0 Å². The third kappa shape index (κ3) is 3.90. The molecule has 1 unspecified atom stereocenters. The number of rotatable bonds is 3. The second-order valence-corrected chi connectivity index (χ2v) is 8.34. The molecular weight excluding hydrogens is 286 g/mol. The molecule has 2 aliphatic heterocycles. The quantitative estimate of drug-likeness (QED) is 0.867. The number of hydrogen-bond acceptors (Lipinski definition) is 3. The van der Waals surface area contributed by atoms with E-state index in [0.29, 0.717) is 11.8 Å². The van der Waals surface area contributed by atoms with E-state index in [1.807, 2.05) is 0 Å². The van der Waals surface area contributed by atoms with Gasteiger partial charge in [0.15, 0.2) is 0 Å². The molecule has 132 valence electrons. The Hall–Kier alpha value is -0.610. The van der Waals surface area contributed by atoms with Crippen LogP contribution in [0.4, 0.5) is 0 Å². The Kier molecular flexibility index (Phi) is 5.63. The van der Waals surface area contributed by atoms with Crippen molar-refractivity contribution < 1.29 is 4.79 Å². The van der Waals surface area contributed by atoms with Crippen molar-refractivity contribution in [1.82, 2.24) is 15.1 Å². The van der Waals surface area contributed by atoms with Crippen LogP contribution in [0, 0.1) is 11.8 Å². The highest BCUT2D eigenvalue weighted by atomic mass is 16.2. The Bertz CT molecular complexity index is 399. The van der Waals surface area contributed by atoms with Gasteiger partial charge in [-0.3, -0.25) is 4.79 Å². The number of nitrogens with zero attached hydrogens (tertiary/aromatic N) is 2. The van der Waals surface area contributed by atoms with Crippen LogP contribution in [0.3, 0.4) is 0 Å². The van der Waals surface area contributed by atoms with Crippen LogP contribution in [-0.2, 0) is 4.79 Å². The van der Waals surface area contributed by atoms with Crippen molar-refractivity contribution in [1.29, 1.82) is 0 Å². The summed E-state index contributed by atoms with van der Waals surface area (Å²) in [4.78, 5) is 17.9. The first-order valence-electron chi connectivity index (χ1n) is 9.80. The van der Waals surface area contributed by atoms with Crippen molar-refractivity contribution >= 4 is 5.91 Å². The summed E-state index contributed by atoms with van der Waals surface area (Å²) < 4.78 is 0. The molecule has 2 heterocycles. The highest BCUT2D eigenvalue weighted by molar-refractivity contribution is 5.77. The van der Waals surface area contributed by atoms with E-state index < -0.39 is 0 Å². The van der Waals surface area contributed by atoms with Gasteiger partial charge in [0.1, 0.15) is 0 Å². The van der Waals surface area contributed by atoms with Gasteiger partial charge in [0, 0.05) is 26.1 Å². The van der Waals surface area contributed by atoms with Crippen molar-refractivity contribution in [3.05, 3.63) is 0 Å². The molecular formula is C19H35N3O. The number of piperazine rings is 1. The largest absolute Gasteiger partial charge is 0.334 e. The van der Waals surface area contributed by atoms with Crippen molar-refractivity contribution in [3.8, 4) is 0 Å². The maximum atomic E-state index is 13.1. The number of piperidine rings is 1. The number of carbonyl (C=O) groups is 1. The number of nitrogens with one attached hydrogen (secondary N) is 1. The second kappa shape index (κ2) is 7.52. The van der Waals surface area contributed by atoms with Gasteiger partial charge >= 0.3 is 0 Å². The lowest BCUT2D eigenvalue weighted by Crippen LogP contribution is -2.64. The van der Waals surface area contributed by atoms with E-state index >= 15 is 0 Å². The van der Waals surface area contributed by atoms with Gasteiger partial charge in [0.2, 0.25) is 5.91 Å². The van der Waals surface area contributed by atoms with Gasteiger partial charge in [-0.1, -0.05) is 26.2 Å². The fourth-order valence-electron chi connectivity index (χ4n) is 5.17. The fourth-order valence-corrected chi connectivity index (χ4v) is 5.17. The Labute approximate surface area is 142 Å². The SMILES string of the molecule is CC(CC(=O)N1CCN(C)CC12CCCCC2)C1CCNCC1. The van der Waals surface area contributed by atoms with Crippen LogP contribution in [0.15, 0.2) is 0 Å². The minimum absolute atomic E-state index is 0.149. The van der Waals surface area contributed by atoms with Crippen molar-refractivity contribution in [2.45, 2.75) is 63.8 Å². The van der Waals surface area contributed by atoms with Crippen LogP contribution in [0.25, 0.3) is 0 Å². The van der Waals surface area contributed by atoms with Crippen molar-refractivity contribution in [3.63, 3.8) is 0 Å². The summed E-state index contributed by atoms with van der Waals surface area (Å²) in [7, 11) is 2.22. The molecule has 1 aliphatic carbocycles. The summed E-state index contributed by atoms with van der Waals surface area (Å²) in [5.41, 5.74) is 0.149. The zero-order valence-corrected chi connectivity index (χ0v) is 15.1. The number of hydrogen-bond donors (Lipinski definition) is 1. The van der Waals surface area contributed by atoms with Crippen LogP contribution in [0.2, 0.25) is 0 Å². The lowest BCUT2D eigenvalue weighted by atomic mass is 9.77. The molecule has 0 bridgehead atoms. The molecule has 23 heavy (non-hydrogen) atoms. The standard InChI is InChI=1S/C19H35N3O/c1-16(17-6-10-20-11-7-17)14-18(23)22-13-12-21(2)15-19(22)8-4-3-5-9-19/h16-17,20H,3-15H2,1-2H3. The summed E-state index contributed by atoms with van der Waals surface area (Å²) in [6.07, 6.45) is 9.60. The number of likely N-dealkylation sites (N-methyl/N-ethyl adjacent to an activating group) is 1. The zero-order valence-electron chi connectivity index (χ0n) is 15.1. The van der Waals surface area contributed by atoms with Gasteiger partial charge in [0.25, 0.3) is 0 Å². The Morgan fingerprint density at radius 2 is 1.87 bits per heavy atom. The molecule has 3 rings (SSSR count). The zero-order chi connectivity index (χ0) is 16.3. The van der Waals surface area contributed by atoms with Gasteiger partial charge in [-0.25, -0.2) is 0 Å². The molecule has 1 amide bonds. The number of amides is 1. The lowest BCUT2D eigenvalue weighted by molar-refractivity contribution is -0.145. The summed E-state index contributed by atoms with van der Waals surface area (Å²) in [5, 5.41) is 3.44. The first-order valence-corrected chi connectivity index (χ1v) is 9.80. The topological polar surface area (TPSA) is 35.6 Å². The van der Waals surface area contributed by atoms with Crippen LogP contribution in [-0.4, -0.2) is 61.0 Å². The molecule has 3 aliphatic rings. The molecule has 1 spiro atoms. The van der Waals surface area contributed by atoms with Gasteiger partial charge in [0.05, 0.1) is 5.54 Å². The van der Waals surface area contributed by atoms with E-state index in [0.717, 1.165) is 45.1 Å². The van der Waals surface area contributed by atoms with E-state index in [-0.39, 0.29) is 5.54 Å². The Morgan fingerprint density at radius 1 is 1.17 bits per heavy atom. The molecule has 0 radical (unpaired) electrons. The molecule has 1 N–H and O–H groups in total. The van der Waals surface area contributed by atoms with Crippen molar-refractivity contribution in [2.75, 3.05) is 39.8 Å². The average Bonchev–Trinajstić information content (AvgIpc) is 2.56. The summed E-state index contributed by atoms with van der Waals surface area (Å²) >= 11 is 0. The third-order valence-electron chi connectivity index (χ3n) is 6.61. The summed E-state index contributed by atoms with van der Waals surface area (Å²) in [5.74, 6) is 1.70. The Morgan fingerprint density at radius 3 is 2.57 bits per heavy atom. The maximum Gasteiger partial charge on any atom is 0.223 e. The fraction of sp³-hybridized carbons (Fsp3) is 0.947. The minimum Gasteiger partial charge on any atom is -0.334 e. The third-order valence-corrected chi connectivity index (χ3v) is 6.61. The molecule has 4 nitrogen and oxygen atoms in total. The maximum absolute atomic E-state index is 13.1. The van der Waals surface area contributed by atoms with Crippen LogP contribution < -0.4 is 5.32 Å². The van der Waals surface area contributed by atoms with Gasteiger partial charge in [-0.15, -0.1) is 0 Å². The molecule has 1 atom stereocenters. The lowest BCUT2D eigenvalue weighted by Gasteiger charge is -2.52. The normalized spacial score (nSPS) is 28.0. The monoisotopic (exact) mass is 321 g/mol. The van der Waals surface area contributed by atoms with Crippen LogP contribution in [0.1, 0.15) is 58.3 Å². The van der Waals surface area contributed by atoms with E-state index in [4.69, 9.17) is 0 Å². The second-order valence-electron chi connectivity index (χ2n) is 8.34. The van der Waals surface area contributed by atoms with E-state index in [9.17, 15) is 4.79 Å². The molecule has 4 heteroatoms. The Balaban J connectivity index is 1.64. The molecule has 2 saturated heterocycles. The van der Waals surface area contributed by atoms with Gasteiger partial charge < -0.3 is 15.1 Å². The highest BCUT2D eigenvalue weighted by Gasteiger charge is 2.44. The van der Waals surface area contributed by atoms with Gasteiger partial charge in [-0.05, 0) is 57.7 Å². The molecule has 3 fully saturated rings. The summed E-state index contributed by atoms with van der Waals surface area (Å²) in [6.45, 7) is 7.62. The minimum atomic E-state index is 0.149. The predicted octanol–water partition coefficient (Wildman–Crippen LogP) is 2.49. The van der Waals surface area contributed by atoms with E-state index in [1.165, 1.54) is 44.9 Å². The molecule has 0 aromatic carbocycles. The van der Waals surface area contributed by atoms with Crippen molar-refractivity contribution in [2.24, 2.45) is 11.8 Å². The molecule has 0 aromatic rings. The summed E-state index contributed by atoms with van der Waals surface area (Å²) in [6, 6.07) is 0. The molecule has 1 saturated carbocycles. The number of carbonyl (C=O) groups excluding carboxylic acids is 1. The average molecular weight is 322 g/mol. The predicted molar refractivity (Wildman–Crippen MR) is 94.4 cm³/mol. The van der Waals surface area contributed by atoms with Crippen LogP contribution in [0.5, 0.6) is 0 Å². The van der Waals surface area contributed by atoms with E-state index in [2.05, 4.69) is 29.1 Å². The highest BCUT2D eigenvalue weighted by Crippen LogP contribution is 2.37. The van der Waals surface area contributed by atoms with Crippen LogP contribution >= 0.6 is 0 Å². The van der Waals surface area contributed by atoms with Gasteiger partial charge in [-0.2, -0.15) is 0 Å². The smallest absolute Gasteiger partial charge is 0.223 e. The first-order chi connectivity index (χ1) is 11.1.